The third kappa shape index (κ3) is 10.6. The van der Waals surface area contributed by atoms with Crippen LogP contribution in [0.15, 0.2) is 10.3 Å². The van der Waals surface area contributed by atoms with E-state index in [0.717, 1.165) is 32.1 Å². The number of hydrogen-bond donors (Lipinski definition) is 6. The van der Waals surface area contributed by atoms with Crippen molar-refractivity contribution in [1.29, 1.82) is 0 Å². The Kier molecular flexibility index (Phi) is 10.6. The van der Waals surface area contributed by atoms with Crippen LogP contribution in [0.25, 0.3) is 0 Å². The molecule has 0 bridgehead atoms. The second-order valence-electron chi connectivity index (χ2n) is 5.10. The minimum Gasteiger partial charge on any atom is -0.410 e. The summed E-state index contributed by atoms with van der Waals surface area (Å²) in [7, 11) is -8.94. The summed E-state index contributed by atoms with van der Waals surface area (Å²) in [4.78, 5) is 35.3. The second kappa shape index (κ2) is 10.9. The third-order valence-corrected chi connectivity index (χ3v) is 5.18. The lowest BCUT2D eigenvalue weighted by atomic mass is 10.1. The largest absolute Gasteiger partial charge is 0.410 e. The molecule has 136 valence electrons. The van der Waals surface area contributed by atoms with Gasteiger partial charge in [0.15, 0.2) is 10.9 Å². The molecular formula is C11H24N2O8P2. The summed E-state index contributed by atoms with van der Waals surface area (Å²) >= 11 is 0. The van der Waals surface area contributed by atoms with E-state index in [0.29, 0.717) is 12.8 Å². The van der Waals surface area contributed by atoms with Crippen molar-refractivity contribution in [1.82, 2.24) is 0 Å². The zero-order valence-corrected chi connectivity index (χ0v) is 14.4. The molecule has 0 unspecified atom stereocenters. The van der Waals surface area contributed by atoms with Crippen LogP contribution in [0.4, 0.5) is 0 Å². The van der Waals surface area contributed by atoms with Crippen LogP contribution in [0.5, 0.6) is 0 Å². The van der Waals surface area contributed by atoms with Crippen LogP contribution in [0.3, 0.4) is 0 Å². The Morgan fingerprint density at radius 2 is 0.870 bits per heavy atom. The van der Waals surface area contributed by atoms with Crippen LogP contribution in [0, 0.1) is 0 Å². The van der Waals surface area contributed by atoms with E-state index in [4.69, 9.17) is 30.0 Å². The van der Waals surface area contributed by atoms with Gasteiger partial charge in [-0.15, -0.1) is 0 Å². The van der Waals surface area contributed by atoms with Gasteiger partial charge in [-0.2, -0.15) is 0 Å². The van der Waals surface area contributed by atoms with Gasteiger partial charge in [0, 0.05) is 12.8 Å². The maximum atomic E-state index is 10.9. The van der Waals surface area contributed by atoms with Crippen LogP contribution >= 0.6 is 15.2 Å². The van der Waals surface area contributed by atoms with Crippen molar-refractivity contribution >= 4 is 26.1 Å². The Morgan fingerprint density at radius 3 is 1.09 bits per heavy atom. The van der Waals surface area contributed by atoms with Crippen molar-refractivity contribution in [2.24, 2.45) is 10.3 Å². The molecule has 23 heavy (non-hydrogen) atoms. The molecule has 0 aromatic rings. The Balaban J connectivity index is 3.69. The minimum absolute atomic E-state index is 0.0411. The normalized spacial score (nSPS) is 14.3. The first-order valence-corrected chi connectivity index (χ1v) is 10.4. The van der Waals surface area contributed by atoms with Gasteiger partial charge in [-0.3, -0.25) is 9.13 Å². The number of hydrogen-bond acceptors (Lipinski definition) is 6. The molecular weight excluding hydrogens is 350 g/mol. The summed E-state index contributed by atoms with van der Waals surface area (Å²) in [5.41, 5.74) is -1.02. The lowest BCUT2D eigenvalue weighted by Gasteiger charge is -2.07. The highest BCUT2D eigenvalue weighted by atomic mass is 31.2. The zero-order chi connectivity index (χ0) is 17.9. The van der Waals surface area contributed by atoms with Gasteiger partial charge in [0.25, 0.3) is 0 Å². The molecule has 0 aromatic carbocycles. The van der Waals surface area contributed by atoms with Crippen LogP contribution in [0.1, 0.15) is 57.8 Å². The first kappa shape index (κ1) is 22.2. The van der Waals surface area contributed by atoms with E-state index in [1.807, 2.05) is 0 Å². The van der Waals surface area contributed by atoms with Crippen LogP contribution in [-0.2, 0) is 9.13 Å². The van der Waals surface area contributed by atoms with Crippen molar-refractivity contribution in [2.75, 3.05) is 0 Å². The Hall–Kier alpha value is -0.760. The third-order valence-electron chi connectivity index (χ3n) is 3.20. The second-order valence-corrected chi connectivity index (χ2v) is 8.30. The molecule has 0 aliphatic carbocycles. The van der Waals surface area contributed by atoms with E-state index in [9.17, 15) is 9.13 Å². The molecule has 10 nitrogen and oxygen atoms in total. The van der Waals surface area contributed by atoms with Gasteiger partial charge in [0.2, 0.25) is 0 Å². The fourth-order valence-corrected chi connectivity index (χ4v) is 3.09. The molecule has 0 atom stereocenters. The van der Waals surface area contributed by atoms with Crippen molar-refractivity contribution < 1.29 is 39.1 Å². The highest BCUT2D eigenvalue weighted by Crippen LogP contribution is 2.39. The Bertz CT molecular complexity index is 452. The van der Waals surface area contributed by atoms with Crippen LogP contribution in [-0.4, -0.2) is 40.9 Å². The van der Waals surface area contributed by atoms with Gasteiger partial charge >= 0.3 is 15.2 Å². The summed E-state index contributed by atoms with van der Waals surface area (Å²) in [6.45, 7) is 0. The van der Waals surface area contributed by atoms with Gasteiger partial charge in [-0.05, 0) is 12.8 Å². The molecule has 0 amide bonds. The quantitative estimate of drug-likeness (QED) is 0.0990. The van der Waals surface area contributed by atoms with E-state index < -0.39 is 26.1 Å². The predicted octanol–water partition coefficient (Wildman–Crippen LogP) is 2.43. The summed E-state index contributed by atoms with van der Waals surface area (Å²) in [5, 5.41) is 22.2. The van der Waals surface area contributed by atoms with Crippen LogP contribution < -0.4 is 0 Å². The van der Waals surface area contributed by atoms with Gasteiger partial charge in [-0.1, -0.05) is 42.4 Å². The fourth-order valence-electron chi connectivity index (χ4n) is 1.96. The van der Waals surface area contributed by atoms with E-state index in [-0.39, 0.29) is 12.8 Å². The maximum Gasteiger partial charge on any atom is 0.373 e. The zero-order valence-electron chi connectivity index (χ0n) is 12.7. The van der Waals surface area contributed by atoms with Crippen molar-refractivity contribution in [3.63, 3.8) is 0 Å². The molecule has 12 heteroatoms. The summed E-state index contributed by atoms with van der Waals surface area (Å²) < 4.78 is 21.7. The Labute approximate surface area is 134 Å². The molecule has 0 spiro atoms. The molecule has 6 N–H and O–H groups in total. The highest BCUT2D eigenvalue weighted by molar-refractivity contribution is 7.70. The summed E-state index contributed by atoms with van der Waals surface area (Å²) in [6.07, 6.45) is 5.07. The molecule has 0 rings (SSSR count). The average Bonchev–Trinajstić information content (AvgIpc) is 2.42. The monoisotopic (exact) mass is 374 g/mol. The molecule has 0 fully saturated rings. The van der Waals surface area contributed by atoms with Gasteiger partial charge in [0.05, 0.1) is 0 Å². The standard InChI is InChI=1S/C11H24N2O8P2/c14-12-10(22(16,17)18)8-6-4-2-1-3-5-7-9-11(13-15)23(19,20)21/h14-15H,1-9H2,(H2,16,17,18)(H2,19,20,21). The van der Waals surface area contributed by atoms with Crippen molar-refractivity contribution in [3.05, 3.63) is 0 Å². The summed E-state index contributed by atoms with van der Waals surface area (Å²) in [5.74, 6) is 0. The fraction of sp³-hybridized carbons (Fsp3) is 0.818. The maximum absolute atomic E-state index is 10.9. The highest BCUT2D eigenvalue weighted by Gasteiger charge is 2.23. The molecule has 0 aliphatic rings. The topological polar surface area (TPSA) is 180 Å². The van der Waals surface area contributed by atoms with Crippen molar-refractivity contribution in [3.8, 4) is 0 Å². The molecule has 0 aromatic heterocycles. The smallest absolute Gasteiger partial charge is 0.373 e. The van der Waals surface area contributed by atoms with E-state index in [1.165, 1.54) is 0 Å². The molecule has 0 saturated carbocycles. The number of unbranched alkanes of at least 4 members (excludes halogenated alkanes) is 6. The minimum atomic E-state index is -4.47. The first-order valence-electron chi connectivity index (χ1n) is 7.17. The van der Waals surface area contributed by atoms with E-state index in [2.05, 4.69) is 10.3 Å². The van der Waals surface area contributed by atoms with Gasteiger partial charge < -0.3 is 30.0 Å². The Morgan fingerprint density at radius 1 is 0.609 bits per heavy atom. The average molecular weight is 374 g/mol. The lowest BCUT2D eigenvalue weighted by Crippen LogP contribution is -2.00. The lowest BCUT2D eigenvalue weighted by molar-refractivity contribution is 0.314. The molecule has 0 radical (unpaired) electrons. The van der Waals surface area contributed by atoms with E-state index >= 15 is 0 Å². The SMILES string of the molecule is O=P(O)(O)C(CCCCCCCCCC(=NO)P(=O)(O)O)=NO. The molecule has 0 saturated heterocycles. The van der Waals surface area contributed by atoms with Gasteiger partial charge in [0.1, 0.15) is 0 Å². The predicted molar refractivity (Wildman–Crippen MR) is 84.1 cm³/mol. The molecule has 0 heterocycles. The number of oxime groups is 2. The van der Waals surface area contributed by atoms with Crippen LogP contribution in [0.2, 0.25) is 0 Å². The summed E-state index contributed by atoms with van der Waals surface area (Å²) in [6, 6.07) is 0. The van der Waals surface area contributed by atoms with Crippen molar-refractivity contribution in [2.45, 2.75) is 57.8 Å². The molecule has 0 aliphatic heterocycles. The first-order chi connectivity index (χ1) is 10.6. The number of rotatable bonds is 12. The number of nitrogens with zero attached hydrogens (tertiary/aromatic N) is 2. The van der Waals surface area contributed by atoms with E-state index in [1.54, 1.807) is 0 Å². The van der Waals surface area contributed by atoms with Gasteiger partial charge in [-0.25, -0.2) is 0 Å².